The lowest BCUT2D eigenvalue weighted by Gasteiger charge is -2.30. The highest BCUT2D eigenvalue weighted by Gasteiger charge is 2.44. The molecule has 1 amide bonds. The first-order chi connectivity index (χ1) is 9.29. The van der Waals surface area contributed by atoms with Gasteiger partial charge in [0.25, 0.3) is 0 Å². The van der Waals surface area contributed by atoms with Gasteiger partial charge >= 0.3 is 12.1 Å². The zero-order valence-electron chi connectivity index (χ0n) is 11.8. The summed E-state index contributed by atoms with van der Waals surface area (Å²) in [6.07, 6.45) is 1.82. The van der Waals surface area contributed by atoms with Gasteiger partial charge in [-0.15, -0.1) is 0 Å². The predicted molar refractivity (Wildman–Crippen MR) is 70.2 cm³/mol. The zero-order chi connectivity index (χ0) is 14.9. The summed E-state index contributed by atoms with van der Waals surface area (Å²) in [7, 11) is 0. The fourth-order valence-corrected chi connectivity index (χ4v) is 2.38. The number of rotatable bonds is 2. The van der Waals surface area contributed by atoms with E-state index in [0.717, 1.165) is 0 Å². The normalized spacial score (nSPS) is 22.9. The van der Waals surface area contributed by atoms with E-state index in [1.54, 1.807) is 32.9 Å². The van der Waals surface area contributed by atoms with E-state index in [0.29, 0.717) is 18.6 Å². The molecule has 1 aliphatic heterocycles. The molecular formula is C14H19NO5. The number of likely N-dealkylation sites (tertiary alicyclic amines) is 1. The molecule has 0 spiro atoms. The number of amides is 1. The van der Waals surface area contributed by atoms with E-state index in [4.69, 9.17) is 9.15 Å². The SMILES string of the molecule is CC(C)(C)OC(=O)N1[C@H](C(=O)O)CC[C@H]1c1ccco1. The Morgan fingerprint density at radius 3 is 2.60 bits per heavy atom. The molecule has 6 nitrogen and oxygen atoms in total. The minimum atomic E-state index is -1.02. The number of furan rings is 1. The molecule has 1 aromatic heterocycles. The Labute approximate surface area is 117 Å². The van der Waals surface area contributed by atoms with Crippen LogP contribution < -0.4 is 0 Å². The largest absolute Gasteiger partial charge is 0.480 e. The lowest BCUT2D eigenvalue weighted by Crippen LogP contribution is -2.44. The third-order valence-electron chi connectivity index (χ3n) is 3.15. The lowest BCUT2D eigenvalue weighted by molar-refractivity contribution is -0.142. The molecule has 110 valence electrons. The van der Waals surface area contributed by atoms with Crippen molar-refractivity contribution in [2.24, 2.45) is 0 Å². The number of hydrogen-bond acceptors (Lipinski definition) is 4. The van der Waals surface area contributed by atoms with Gasteiger partial charge in [-0.1, -0.05) is 0 Å². The van der Waals surface area contributed by atoms with Crippen LogP contribution in [-0.2, 0) is 9.53 Å². The Morgan fingerprint density at radius 1 is 1.40 bits per heavy atom. The Morgan fingerprint density at radius 2 is 2.10 bits per heavy atom. The van der Waals surface area contributed by atoms with Gasteiger partial charge in [0.1, 0.15) is 17.4 Å². The fourth-order valence-electron chi connectivity index (χ4n) is 2.38. The minimum Gasteiger partial charge on any atom is -0.480 e. The van der Waals surface area contributed by atoms with Crippen molar-refractivity contribution in [1.82, 2.24) is 4.90 Å². The summed E-state index contributed by atoms with van der Waals surface area (Å²) in [6, 6.07) is 2.20. The molecule has 0 aliphatic carbocycles. The van der Waals surface area contributed by atoms with Crippen molar-refractivity contribution in [3.8, 4) is 0 Å². The molecule has 1 aliphatic rings. The number of hydrogen-bond donors (Lipinski definition) is 1. The standard InChI is InChI=1S/C14H19NO5/c1-14(2,3)20-13(18)15-9(11-5-4-8-19-11)6-7-10(15)12(16)17/h4-5,8-10H,6-7H2,1-3H3,(H,16,17)/t9-,10-/m0/s1. The van der Waals surface area contributed by atoms with Crippen molar-refractivity contribution >= 4 is 12.1 Å². The molecule has 2 atom stereocenters. The van der Waals surface area contributed by atoms with Crippen LogP contribution in [0.5, 0.6) is 0 Å². The summed E-state index contributed by atoms with van der Waals surface area (Å²) in [5.41, 5.74) is -0.670. The van der Waals surface area contributed by atoms with Crippen LogP contribution in [0.2, 0.25) is 0 Å². The van der Waals surface area contributed by atoms with Crippen LogP contribution in [0.15, 0.2) is 22.8 Å². The van der Waals surface area contributed by atoms with E-state index < -0.39 is 23.7 Å². The van der Waals surface area contributed by atoms with Gasteiger partial charge < -0.3 is 14.3 Å². The van der Waals surface area contributed by atoms with Crippen molar-refractivity contribution in [2.45, 2.75) is 51.3 Å². The predicted octanol–water partition coefficient (Wildman–Crippen LogP) is 2.80. The first kappa shape index (κ1) is 14.4. The number of nitrogens with zero attached hydrogens (tertiary/aromatic N) is 1. The van der Waals surface area contributed by atoms with Crippen LogP contribution >= 0.6 is 0 Å². The Hall–Kier alpha value is -1.98. The van der Waals surface area contributed by atoms with Crippen molar-refractivity contribution in [1.29, 1.82) is 0 Å². The molecule has 0 unspecified atom stereocenters. The topological polar surface area (TPSA) is 80.0 Å². The summed E-state index contributed by atoms with van der Waals surface area (Å²) < 4.78 is 10.6. The van der Waals surface area contributed by atoms with Crippen LogP contribution in [0.4, 0.5) is 4.79 Å². The number of carboxylic acid groups (broad SMARTS) is 1. The fraction of sp³-hybridized carbons (Fsp3) is 0.571. The smallest absolute Gasteiger partial charge is 0.411 e. The Kier molecular flexibility index (Phi) is 3.74. The van der Waals surface area contributed by atoms with Gasteiger partial charge in [-0.2, -0.15) is 0 Å². The van der Waals surface area contributed by atoms with Gasteiger partial charge in [0.05, 0.1) is 12.3 Å². The molecule has 2 heterocycles. The molecule has 1 fully saturated rings. The van der Waals surface area contributed by atoms with Crippen LogP contribution in [-0.4, -0.2) is 33.7 Å². The Balaban J connectivity index is 2.25. The summed E-state index contributed by atoms with van der Waals surface area (Å²) >= 11 is 0. The Bertz CT molecular complexity index is 488. The number of carbonyl (C=O) groups excluding carboxylic acids is 1. The van der Waals surface area contributed by atoms with Crippen LogP contribution in [0.25, 0.3) is 0 Å². The second-order valence-electron chi connectivity index (χ2n) is 5.85. The second-order valence-corrected chi connectivity index (χ2v) is 5.85. The number of ether oxygens (including phenoxy) is 1. The molecular weight excluding hydrogens is 262 g/mol. The van der Waals surface area contributed by atoms with Crippen molar-refractivity contribution in [3.05, 3.63) is 24.2 Å². The lowest BCUT2D eigenvalue weighted by atomic mass is 10.1. The molecule has 0 bridgehead atoms. The molecule has 1 aromatic rings. The third-order valence-corrected chi connectivity index (χ3v) is 3.15. The average molecular weight is 281 g/mol. The second kappa shape index (κ2) is 5.19. The average Bonchev–Trinajstić information content (AvgIpc) is 2.95. The van der Waals surface area contributed by atoms with Gasteiger partial charge in [-0.3, -0.25) is 4.90 Å². The van der Waals surface area contributed by atoms with Gasteiger partial charge in [0, 0.05) is 0 Å². The summed E-state index contributed by atoms with van der Waals surface area (Å²) in [5, 5.41) is 9.27. The van der Waals surface area contributed by atoms with E-state index in [2.05, 4.69) is 0 Å². The van der Waals surface area contributed by atoms with Crippen molar-refractivity contribution in [2.75, 3.05) is 0 Å². The maximum atomic E-state index is 12.3. The van der Waals surface area contributed by atoms with E-state index in [-0.39, 0.29) is 6.04 Å². The van der Waals surface area contributed by atoms with Crippen molar-refractivity contribution < 1.29 is 23.8 Å². The first-order valence-corrected chi connectivity index (χ1v) is 6.57. The molecule has 2 rings (SSSR count). The molecule has 1 saturated heterocycles. The molecule has 1 N–H and O–H groups in total. The summed E-state index contributed by atoms with van der Waals surface area (Å²) in [5.74, 6) is -0.440. The zero-order valence-corrected chi connectivity index (χ0v) is 11.8. The third kappa shape index (κ3) is 2.95. The quantitative estimate of drug-likeness (QED) is 0.901. The summed E-state index contributed by atoms with van der Waals surface area (Å²) in [4.78, 5) is 24.9. The van der Waals surface area contributed by atoms with Crippen molar-refractivity contribution in [3.63, 3.8) is 0 Å². The van der Waals surface area contributed by atoms with E-state index >= 15 is 0 Å². The molecule has 0 radical (unpaired) electrons. The van der Waals surface area contributed by atoms with E-state index in [1.807, 2.05) is 0 Å². The minimum absolute atomic E-state index is 0.388. The van der Waals surface area contributed by atoms with Gasteiger partial charge in [-0.05, 0) is 45.7 Å². The highest BCUT2D eigenvalue weighted by molar-refractivity contribution is 5.81. The highest BCUT2D eigenvalue weighted by Crippen LogP contribution is 2.37. The maximum Gasteiger partial charge on any atom is 0.411 e. The van der Waals surface area contributed by atoms with Gasteiger partial charge in [-0.25, -0.2) is 9.59 Å². The monoisotopic (exact) mass is 281 g/mol. The highest BCUT2D eigenvalue weighted by atomic mass is 16.6. The summed E-state index contributed by atoms with van der Waals surface area (Å²) in [6.45, 7) is 5.25. The van der Waals surface area contributed by atoms with E-state index in [1.165, 1.54) is 11.2 Å². The van der Waals surface area contributed by atoms with Crippen LogP contribution in [0.3, 0.4) is 0 Å². The first-order valence-electron chi connectivity index (χ1n) is 6.57. The molecule has 6 heteroatoms. The number of carboxylic acids is 1. The number of carbonyl (C=O) groups is 2. The van der Waals surface area contributed by atoms with Gasteiger partial charge in [0.15, 0.2) is 0 Å². The van der Waals surface area contributed by atoms with Crippen LogP contribution in [0, 0.1) is 0 Å². The molecule has 0 aromatic carbocycles. The molecule has 0 saturated carbocycles. The maximum absolute atomic E-state index is 12.3. The van der Waals surface area contributed by atoms with Gasteiger partial charge in [0.2, 0.25) is 0 Å². The number of aliphatic carboxylic acids is 1. The van der Waals surface area contributed by atoms with E-state index in [9.17, 15) is 14.7 Å². The molecule has 20 heavy (non-hydrogen) atoms. The van der Waals surface area contributed by atoms with Crippen LogP contribution in [0.1, 0.15) is 45.4 Å².